The van der Waals surface area contributed by atoms with Gasteiger partial charge in [0.15, 0.2) is 11.5 Å². The quantitative estimate of drug-likeness (QED) is 0.475. The molecule has 0 saturated carbocycles. The van der Waals surface area contributed by atoms with E-state index in [-0.39, 0.29) is 21.1 Å². The number of ketones is 1. The van der Waals surface area contributed by atoms with E-state index in [4.69, 9.17) is 21.1 Å². The molecule has 180 valence electrons. The van der Waals surface area contributed by atoms with Crippen molar-refractivity contribution in [2.75, 3.05) is 6.61 Å². The molecule has 34 heavy (non-hydrogen) atoms. The van der Waals surface area contributed by atoms with Gasteiger partial charge in [0, 0.05) is 25.2 Å². The average molecular weight is 506 g/mol. The van der Waals surface area contributed by atoms with Gasteiger partial charge in [0.1, 0.15) is 29.7 Å². The lowest BCUT2D eigenvalue weighted by molar-refractivity contribution is -0.144. The van der Waals surface area contributed by atoms with E-state index in [2.05, 4.69) is 4.98 Å². The van der Waals surface area contributed by atoms with Crippen molar-refractivity contribution in [2.45, 2.75) is 13.1 Å². The van der Waals surface area contributed by atoms with Crippen molar-refractivity contribution < 1.29 is 36.2 Å². The molecular weight excluding hydrogens is 493 g/mol. The number of alkyl halides is 3. The van der Waals surface area contributed by atoms with Crippen molar-refractivity contribution in [1.82, 2.24) is 14.1 Å². The number of carbonyl (C=O) groups is 1. The first kappa shape index (κ1) is 24.9. The van der Waals surface area contributed by atoms with E-state index in [1.807, 2.05) is 0 Å². The Kier molecular flexibility index (Phi) is 6.77. The Morgan fingerprint density at radius 3 is 2.41 bits per heavy atom. The summed E-state index contributed by atoms with van der Waals surface area (Å²) >= 11 is 5.96. The maximum atomic E-state index is 14.6. The van der Waals surface area contributed by atoms with Crippen LogP contribution in [0.4, 0.5) is 22.0 Å². The Hall–Kier alpha value is -3.74. The number of pyridine rings is 1. The van der Waals surface area contributed by atoms with Crippen LogP contribution in [0.5, 0.6) is 17.4 Å². The van der Waals surface area contributed by atoms with E-state index in [0.717, 1.165) is 25.4 Å². The second kappa shape index (κ2) is 9.25. The van der Waals surface area contributed by atoms with Crippen LogP contribution >= 0.6 is 11.6 Å². The number of hydrogen-bond donors (Lipinski definition) is 0. The first-order valence-corrected chi connectivity index (χ1v) is 9.52. The largest absolute Gasteiger partial charge is 0.467 e. The number of Topliss-reactive ketones (excluding diaryl/α,β-unsaturated/α-hetero) is 1. The molecule has 0 unspecified atom stereocenters. The van der Waals surface area contributed by atoms with Gasteiger partial charge in [-0.3, -0.25) is 14.2 Å². The van der Waals surface area contributed by atoms with Crippen molar-refractivity contribution in [3.63, 3.8) is 0 Å². The zero-order valence-electron chi connectivity index (χ0n) is 17.2. The first-order valence-electron chi connectivity index (χ1n) is 9.15. The molecule has 0 N–H and O–H groups in total. The van der Waals surface area contributed by atoms with Crippen molar-refractivity contribution in [1.29, 1.82) is 0 Å². The number of ether oxygens (including phenoxy) is 2. The Morgan fingerprint density at radius 1 is 1.12 bits per heavy atom. The highest BCUT2D eigenvalue weighted by atomic mass is 35.5. The Morgan fingerprint density at radius 2 is 1.79 bits per heavy atom. The average Bonchev–Trinajstić information content (AvgIpc) is 2.72. The normalized spacial score (nSPS) is 11.4. The Bertz CT molecular complexity index is 1400. The number of nitrogens with zero attached hydrogens (tertiary/aromatic N) is 3. The van der Waals surface area contributed by atoms with Gasteiger partial charge in [-0.2, -0.15) is 13.2 Å². The second-order valence-electron chi connectivity index (χ2n) is 6.83. The lowest BCUT2D eigenvalue weighted by Gasteiger charge is -2.16. The predicted octanol–water partition coefficient (Wildman–Crippen LogP) is 3.64. The van der Waals surface area contributed by atoms with Gasteiger partial charge in [0.25, 0.3) is 11.4 Å². The molecule has 0 fully saturated rings. The van der Waals surface area contributed by atoms with Crippen molar-refractivity contribution in [2.24, 2.45) is 7.05 Å². The van der Waals surface area contributed by atoms with Gasteiger partial charge in [0.2, 0.25) is 0 Å². The highest BCUT2D eigenvalue weighted by Crippen LogP contribution is 2.36. The Balaban J connectivity index is 2.14. The Labute approximate surface area is 191 Å². The standard InChI is InChI=1S/C20H13ClF5N3O5/c1-9(30)8-33-18-15(3-10(22)7-27-18)34-14-5-13(12(23)4-11(14)21)29-17(31)6-16(20(24,25)26)28(2)19(29)32/h3-7H,8H2,1-2H3. The van der Waals surface area contributed by atoms with E-state index >= 15 is 0 Å². The summed E-state index contributed by atoms with van der Waals surface area (Å²) in [7, 11) is 0.753. The number of hydrogen-bond acceptors (Lipinski definition) is 6. The molecule has 3 rings (SSSR count). The number of benzene rings is 1. The van der Waals surface area contributed by atoms with Gasteiger partial charge >= 0.3 is 11.9 Å². The van der Waals surface area contributed by atoms with Crippen LogP contribution in [0.25, 0.3) is 5.69 Å². The van der Waals surface area contributed by atoms with Crippen LogP contribution in [0.2, 0.25) is 5.02 Å². The van der Waals surface area contributed by atoms with E-state index in [0.29, 0.717) is 6.07 Å². The summed E-state index contributed by atoms with van der Waals surface area (Å²) in [5.74, 6) is -3.66. The molecule has 8 nitrogen and oxygen atoms in total. The molecule has 0 spiro atoms. The van der Waals surface area contributed by atoms with Crippen molar-refractivity contribution in [3.05, 3.63) is 73.7 Å². The highest BCUT2D eigenvalue weighted by molar-refractivity contribution is 6.32. The molecule has 0 atom stereocenters. The molecular formula is C20H13ClF5N3O5. The van der Waals surface area contributed by atoms with Gasteiger partial charge in [-0.15, -0.1) is 0 Å². The molecule has 0 radical (unpaired) electrons. The van der Waals surface area contributed by atoms with E-state index in [9.17, 15) is 36.3 Å². The monoisotopic (exact) mass is 505 g/mol. The minimum atomic E-state index is -5.01. The van der Waals surface area contributed by atoms with Crippen molar-refractivity contribution >= 4 is 17.4 Å². The molecule has 14 heteroatoms. The lowest BCUT2D eigenvalue weighted by Crippen LogP contribution is -2.41. The zero-order valence-corrected chi connectivity index (χ0v) is 18.0. The molecule has 0 saturated heterocycles. The van der Waals surface area contributed by atoms with Crippen LogP contribution in [-0.2, 0) is 18.0 Å². The summed E-state index contributed by atoms with van der Waals surface area (Å²) < 4.78 is 78.4. The van der Waals surface area contributed by atoms with E-state index in [1.54, 1.807) is 0 Å². The third kappa shape index (κ3) is 5.09. The molecule has 2 heterocycles. The summed E-state index contributed by atoms with van der Waals surface area (Å²) in [4.78, 5) is 39.6. The summed E-state index contributed by atoms with van der Waals surface area (Å²) in [6.07, 6.45) is -4.24. The minimum Gasteiger partial charge on any atom is -0.467 e. The molecule has 0 bridgehead atoms. The second-order valence-corrected chi connectivity index (χ2v) is 7.23. The van der Waals surface area contributed by atoms with Crippen LogP contribution in [0.1, 0.15) is 12.6 Å². The van der Waals surface area contributed by atoms with E-state index < -0.39 is 69.4 Å². The molecule has 0 amide bonds. The lowest BCUT2D eigenvalue weighted by atomic mass is 10.2. The summed E-state index contributed by atoms with van der Waals surface area (Å²) in [5.41, 5.74) is -5.29. The first-order chi connectivity index (χ1) is 15.8. The van der Waals surface area contributed by atoms with Gasteiger partial charge in [-0.1, -0.05) is 11.6 Å². The van der Waals surface area contributed by atoms with Crippen LogP contribution < -0.4 is 20.7 Å². The maximum Gasteiger partial charge on any atom is 0.431 e. The SMILES string of the molecule is CC(=O)COc1ncc(F)cc1Oc1cc(-n2c(=O)cc(C(F)(F)F)n(C)c2=O)c(F)cc1Cl. The summed E-state index contributed by atoms with van der Waals surface area (Å²) in [6, 6.07) is 2.33. The topological polar surface area (TPSA) is 92.4 Å². The fraction of sp³-hybridized carbons (Fsp3) is 0.200. The van der Waals surface area contributed by atoms with Crippen LogP contribution in [0.3, 0.4) is 0 Å². The third-order valence-corrected chi connectivity index (χ3v) is 4.57. The number of carbonyl (C=O) groups excluding carboxylic acids is 1. The number of rotatable bonds is 6. The minimum absolute atomic E-state index is 0.125. The summed E-state index contributed by atoms with van der Waals surface area (Å²) in [6.45, 7) is 0.782. The highest BCUT2D eigenvalue weighted by Gasteiger charge is 2.35. The van der Waals surface area contributed by atoms with Crippen LogP contribution in [0.15, 0.2) is 40.1 Å². The van der Waals surface area contributed by atoms with Crippen LogP contribution in [0, 0.1) is 11.6 Å². The van der Waals surface area contributed by atoms with Crippen molar-refractivity contribution in [3.8, 4) is 23.1 Å². The fourth-order valence-corrected chi connectivity index (χ4v) is 2.95. The molecule has 0 aliphatic heterocycles. The molecule has 3 aromatic rings. The molecule has 0 aliphatic rings. The number of aromatic nitrogens is 3. The third-order valence-electron chi connectivity index (χ3n) is 4.27. The van der Waals surface area contributed by atoms with E-state index in [1.165, 1.54) is 6.92 Å². The van der Waals surface area contributed by atoms with Gasteiger partial charge in [0.05, 0.1) is 16.9 Å². The van der Waals surface area contributed by atoms with Gasteiger partial charge in [-0.05, 0) is 13.0 Å². The van der Waals surface area contributed by atoms with Crippen LogP contribution in [-0.4, -0.2) is 26.5 Å². The van der Waals surface area contributed by atoms with Gasteiger partial charge in [-0.25, -0.2) is 23.1 Å². The smallest absolute Gasteiger partial charge is 0.431 e. The van der Waals surface area contributed by atoms with Gasteiger partial charge < -0.3 is 9.47 Å². The molecule has 2 aromatic heterocycles. The zero-order chi connectivity index (χ0) is 25.4. The fourth-order valence-electron chi connectivity index (χ4n) is 2.77. The summed E-state index contributed by atoms with van der Waals surface area (Å²) in [5, 5.41) is -0.403. The molecule has 0 aliphatic carbocycles. The number of halogens is 6. The maximum absolute atomic E-state index is 14.6. The predicted molar refractivity (Wildman–Crippen MR) is 108 cm³/mol. The molecule has 1 aromatic carbocycles.